The van der Waals surface area contributed by atoms with Crippen LogP contribution in [0.15, 0.2) is 54.6 Å². The summed E-state index contributed by atoms with van der Waals surface area (Å²) in [5.41, 5.74) is 2.49. The Labute approximate surface area is 121 Å². The third kappa shape index (κ3) is 2.06. The van der Waals surface area contributed by atoms with Crippen molar-refractivity contribution in [3.63, 3.8) is 0 Å². The van der Waals surface area contributed by atoms with Gasteiger partial charge in [-0.15, -0.1) is 0 Å². The van der Waals surface area contributed by atoms with Crippen LogP contribution >= 0.6 is 11.6 Å². The molecule has 0 fully saturated rings. The topological polar surface area (TPSA) is 42.2 Å². The SMILES string of the molecule is O=C(O)Cc1c(Cl)n(-c2ccccc2)c2ccccc12. The van der Waals surface area contributed by atoms with E-state index in [-0.39, 0.29) is 6.42 Å². The maximum absolute atomic E-state index is 11.0. The van der Waals surface area contributed by atoms with Crippen LogP contribution in [0.25, 0.3) is 16.6 Å². The molecule has 0 radical (unpaired) electrons. The minimum atomic E-state index is -0.886. The number of hydrogen-bond acceptors (Lipinski definition) is 1. The molecule has 0 bridgehead atoms. The minimum Gasteiger partial charge on any atom is -0.481 e. The van der Waals surface area contributed by atoms with E-state index in [1.165, 1.54) is 0 Å². The Hall–Kier alpha value is -2.26. The summed E-state index contributed by atoms with van der Waals surface area (Å²) in [5, 5.41) is 10.4. The van der Waals surface area contributed by atoms with Crippen molar-refractivity contribution in [3.05, 3.63) is 65.3 Å². The van der Waals surface area contributed by atoms with E-state index in [1.807, 2.05) is 59.2 Å². The third-order valence-corrected chi connectivity index (χ3v) is 3.65. The molecule has 1 aromatic heterocycles. The van der Waals surface area contributed by atoms with Crippen LogP contribution in [-0.2, 0) is 11.2 Å². The number of fused-ring (bicyclic) bond motifs is 1. The number of carboxylic acid groups (broad SMARTS) is 1. The van der Waals surface area contributed by atoms with Crippen LogP contribution in [0.4, 0.5) is 0 Å². The van der Waals surface area contributed by atoms with E-state index in [0.29, 0.717) is 10.7 Å². The Kier molecular flexibility index (Phi) is 3.20. The van der Waals surface area contributed by atoms with E-state index in [9.17, 15) is 4.79 Å². The summed E-state index contributed by atoms with van der Waals surface area (Å²) >= 11 is 6.43. The zero-order chi connectivity index (χ0) is 14.1. The number of carbonyl (C=O) groups is 1. The molecule has 2 aromatic carbocycles. The smallest absolute Gasteiger partial charge is 0.307 e. The Morgan fingerprint density at radius 2 is 1.70 bits per heavy atom. The van der Waals surface area contributed by atoms with Gasteiger partial charge in [0, 0.05) is 16.6 Å². The average molecular weight is 286 g/mol. The van der Waals surface area contributed by atoms with Crippen molar-refractivity contribution in [2.75, 3.05) is 0 Å². The highest BCUT2D eigenvalue weighted by Crippen LogP contribution is 2.33. The molecule has 100 valence electrons. The van der Waals surface area contributed by atoms with E-state index < -0.39 is 5.97 Å². The Bertz CT molecular complexity index is 778. The van der Waals surface area contributed by atoms with Crippen molar-refractivity contribution in [2.24, 2.45) is 0 Å². The van der Waals surface area contributed by atoms with E-state index in [2.05, 4.69) is 0 Å². The predicted molar refractivity (Wildman–Crippen MR) is 79.6 cm³/mol. The summed E-state index contributed by atoms with van der Waals surface area (Å²) < 4.78 is 1.88. The van der Waals surface area contributed by atoms with E-state index >= 15 is 0 Å². The fourth-order valence-corrected chi connectivity index (χ4v) is 2.78. The van der Waals surface area contributed by atoms with Crippen molar-refractivity contribution in [1.29, 1.82) is 0 Å². The molecule has 0 unspecified atom stereocenters. The molecule has 0 saturated carbocycles. The first kappa shape index (κ1) is 12.8. The molecule has 0 spiro atoms. The van der Waals surface area contributed by atoms with Gasteiger partial charge in [0.1, 0.15) is 5.15 Å². The lowest BCUT2D eigenvalue weighted by molar-refractivity contribution is -0.136. The monoisotopic (exact) mass is 285 g/mol. The van der Waals surface area contributed by atoms with Crippen LogP contribution in [0.5, 0.6) is 0 Å². The number of aliphatic carboxylic acids is 1. The molecule has 1 heterocycles. The first-order valence-electron chi connectivity index (χ1n) is 6.23. The molecule has 0 aliphatic heterocycles. The van der Waals surface area contributed by atoms with Crippen molar-refractivity contribution in [1.82, 2.24) is 4.57 Å². The highest BCUT2D eigenvalue weighted by molar-refractivity contribution is 6.32. The highest BCUT2D eigenvalue weighted by atomic mass is 35.5. The lowest BCUT2D eigenvalue weighted by Crippen LogP contribution is -2.00. The van der Waals surface area contributed by atoms with Gasteiger partial charge in [0.05, 0.1) is 11.9 Å². The summed E-state index contributed by atoms with van der Waals surface area (Å²) in [6.45, 7) is 0. The summed E-state index contributed by atoms with van der Waals surface area (Å²) in [5.74, 6) is -0.886. The molecule has 4 heteroatoms. The third-order valence-electron chi connectivity index (χ3n) is 3.26. The molecular weight excluding hydrogens is 274 g/mol. The van der Waals surface area contributed by atoms with Crippen molar-refractivity contribution < 1.29 is 9.90 Å². The van der Waals surface area contributed by atoms with Gasteiger partial charge in [0.25, 0.3) is 0 Å². The zero-order valence-corrected chi connectivity index (χ0v) is 11.3. The predicted octanol–water partition coefficient (Wildman–Crippen LogP) is 3.91. The van der Waals surface area contributed by atoms with Gasteiger partial charge in [0.2, 0.25) is 0 Å². The van der Waals surface area contributed by atoms with Gasteiger partial charge in [-0.25, -0.2) is 0 Å². The Morgan fingerprint density at radius 3 is 2.40 bits per heavy atom. The largest absolute Gasteiger partial charge is 0.481 e. The van der Waals surface area contributed by atoms with Gasteiger partial charge < -0.3 is 5.11 Å². The molecule has 3 aromatic rings. The van der Waals surface area contributed by atoms with Crippen LogP contribution in [0.1, 0.15) is 5.56 Å². The number of nitrogens with zero attached hydrogens (tertiary/aromatic N) is 1. The van der Waals surface area contributed by atoms with Crippen molar-refractivity contribution >= 4 is 28.5 Å². The average Bonchev–Trinajstić information content (AvgIpc) is 2.72. The molecule has 3 rings (SSSR count). The first-order valence-corrected chi connectivity index (χ1v) is 6.61. The molecule has 3 nitrogen and oxygen atoms in total. The molecule has 0 aliphatic rings. The number of para-hydroxylation sites is 2. The first-order chi connectivity index (χ1) is 9.68. The molecule has 1 N–H and O–H groups in total. The fraction of sp³-hybridized carbons (Fsp3) is 0.0625. The van der Waals surface area contributed by atoms with Crippen LogP contribution < -0.4 is 0 Å². The second kappa shape index (κ2) is 5.02. The highest BCUT2D eigenvalue weighted by Gasteiger charge is 2.18. The lowest BCUT2D eigenvalue weighted by Gasteiger charge is -2.06. The molecular formula is C16H12ClNO2. The van der Waals surface area contributed by atoms with Gasteiger partial charge in [-0.3, -0.25) is 9.36 Å². The Balaban J connectivity index is 2.32. The number of rotatable bonds is 3. The van der Waals surface area contributed by atoms with Gasteiger partial charge in [-0.1, -0.05) is 48.0 Å². The van der Waals surface area contributed by atoms with Gasteiger partial charge in [0.15, 0.2) is 0 Å². The summed E-state index contributed by atoms with van der Waals surface area (Å²) in [6, 6.07) is 17.3. The second-order valence-corrected chi connectivity index (χ2v) is 4.89. The molecule has 0 saturated heterocycles. The molecule has 20 heavy (non-hydrogen) atoms. The lowest BCUT2D eigenvalue weighted by atomic mass is 10.1. The van der Waals surface area contributed by atoms with Crippen LogP contribution in [-0.4, -0.2) is 15.6 Å². The standard InChI is InChI=1S/C16H12ClNO2/c17-16-13(10-15(19)20)12-8-4-5-9-14(12)18(16)11-6-2-1-3-7-11/h1-9H,10H2,(H,19,20). The van der Waals surface area contributed by atoms with Crippen molar-refractivity contribution in [2.45, 2.75) is 6.42 Å². The zero-order valence-electron chi connectivity index (χ0n) is 10.6. The van der Waals surface area contributed by atoms with E-state index in [0.717, 1.165) is 16.6 Å². The molecule has 0 atom stereocenters. The Morgan fingerprint density at radius 1 is 1.05 bits per heavy atom. The minimum absolute atomic E-state index is 0.0841. The number of aromatic nitrogens is 1. The van der Waals surface area contributed by atoms with E-state index in [4.69, 9.17) is 16.7 Å². The fourth-order valence-electron chi connectivity index (χ4n) is 2.42. The number of carboxylic acids is 1. The van der Waals surface area contributed by atoms with E-state index in [1.54, 1.807) is 0 Å². The van der Waals surface area contributed by atoms with Gasteiger partial charge in [-0.2, -0.15) is 0 Å². The number of halogens is 1. The quantitative estimate of drug-likeness (QED) is 0.793. The van der Waals surface area contributed by atoms with Gasteiger partial charge in [-0.05, 0) is 18.2 Å². The summed E-state index contributed by atoms with van der Waals surface area (Å²) in [7, 11) is 0. The maximum atomic E-state index is 11.0. The number of hydrogen-bond donors (Lipinski definition) is 1. The van der Waals surface area contributed by atoms with Crippen LogP contribution in [0.3, 0.4) is 0 Å². The van der Waals surface area contributed by atoms with Crippen LogP contribution in [0, 0.1) is 0 Å². The molecule has 0 amide bonds. The summed E-state index contributed by atoms with van der Waals surface area (Å²) in [6.07, 6.45) is -0.0841. The molecule has 0 aliphatic carbocycles. The normalized spacial score (nSPS) is 10.8. The number of benzene rings is 2. The summed E-state index contributed by atoms with van der Waals surface area (Å²) in [4.78, 5) is 11.0. The van der Waals surface area contributed by atoms with Crippen LogP contribution in [0.2, 0.25) is 5.15 Å². The second-order valence-electron chi connectivity index (χ2n) is 4.53. The van der Waals surface area contributed by atoms with Gasteiger partial charge >= 0.3 is 5.97 Å². The maximum Gasteiger partial charge on any atom is 0.307 e. The van der Waals surface area contributed by atoms with Crippen molar-refractivity contribution in [3.8, 4) is 5.69 Å².